The zero-order chi connectivity index (χ0) is 21.0. The molecule has 4 aromatic rings. The highest BCUT2D eigenvalue weighted by molar-refractivity contribution is 6.34. The summed E-state index contributed by atoms with van der Waals surface area (Å²) >= 11 is 5.99. The van der Waals surface area contributed by atoms with Crippen LogP contribution in [0.4, 0.5) is 5.69 Å². The van der Waals surface area contributed by atoms with E-state index in [4.69, 9.17) is 21.1 Å². The van der Waals surface area contributed by atoms with Gasteiger partial charge in [-0.25, -0.2) is 14.7 Å². The average molecular weight is 419 g/mol. The van der Waals surface area contributed by atoms with E-state index in [0.717, 1.165) is 4.90 Å². The fraction of sp³-hybridized carbons (Fsp3) is 0. The van der Waals surface area contributed by atoms with Crippen LogP contribution in [-0.2, 0) is 0 Å². The minimum Gasteiger partial charge on any atom is -0.478 e. The number of imide groups is 1. The molecule has 8 heteroatoms. The van der Waals surface area contributed by atoms with Crippen LogP contribution in [0.1, 0.15) is 31.1 Å². The second kappa shape index (κ2) is 6.53. The van der Waals surface area contributed by atoms with Crippen LogP contribution in [0.2, 0.25) is 5.02 Å². The molecule has 2 amide bonds. The van der Waals surface area contributed by atoms with Crippen molar-refractivity contribution in [2.45, 2.75) is 0 Å². The van der Waals surface area contributed by atoms with Crippen LogP contribution in [0.5, 0.6) is 0 Å². The molecular formula is C22H11ClN2O5. The summed E-state index contributed by atoms with van der Waals surface area (Å²) in [5, 5.41) is 9.69. The molecule has 146 valence electrons. The van der Waals surface area contributed by atoms with Crippen molar-refractivity contribution in [3.8, 4) is 11.5 Å². The van der Waals surface area contributed by atoms with Crippen LogP contribution in [0.25, 0.3) is 22.6 Å². The summed E-state index contributed by atoms with van der Waals surface area (Å²) in [6.07, 6.45) is 0. The van der Waals surface area contributed by atoms with Crippen LogP contribution in [-0.4, -0.2) is 27.9 Å². The molecule has 0 atom stereocenters. The summed E-state index contributed by atoms with van der Waals surface area (Å²) in [6.45, 7) is 0. The Morgan fingerprint density at radius 3 is 2.57 bits per heavy atom. The van der Waals surface area contributed by atoms with Gasteiger partial charge in [0.05, 0.1) is 22.4 Å². The van der Waals surface area contributed by atoms with Crippen molar-refractivity contribution < 1.29 is 23.9 Å². The molecule has 1 aliphatic rings. The third-order valence-corrected chi connectivity index (χ3v) is 5.07. The first-order valence-corrected chi connectivity index (χ1v) is 9.23. The maximum atomic E-state index is 12.9. The summed E-state index contributed by atoms with van der Waals surface area (Å²) in [6, 6.07) is 15.6. The fourth-order valence-corrected chi connectivity index (χ4v) is 3.58. The summed E-state index contributed by atoms with van der Waals surface area (Å²) in [5.74, 6) is -1.96. The molecular weight excluding hydrogens is 408 g/mol. The van der Waals surface area contributed by atoms with Gasteiger partial charge in [-0.3, -0.25) is 9.59 Å². The smallest absolute Gasteiger partial charge is 0.335 e. The second-order valence-electron chi connectivity index (χ2n) is 6.69. The number of fused-ring (bicyclic) bond motifs is 2. The summed E-state index contributed by atoms with van der Waals surface area (Å²) in [4.78, 5) is 42.3. The molecule has 5 rings (SSSR count). The predicted octanol–water partition coefficient (Wildman–Crippen LogP) is 4.65. The average Bonchev–Trinajstić information content (AvgIpc) is 3.26. The number of hydrogen-bond acceptors (Lipinski definition) is 5. The molecule has 0 saturated heterocycles. The van der Waals surface area contributed by atoms with Gasteiger partial charge in [-0.15, -0.1) is 0 Å². The van der Waals surface area contributed by atoms with Gasteiger partial charge in [-0.1, -0.05) is 17.7 Å². The van der Waals surface area contributed by atoms with Gasteiger partial charge in [0.2, 0.25) is 5.89 Å². The molecule has 0 radical (unpaired) electrons. The maximum Gasteiger partial charge on any atom is 0.335 e. The maximum absolute atomic E-state index is 12.9. The van der Waals surface area contributed by atoms with Crippen LogP contribution in [0.15, 0.2) is 65.1 Å². The Morgan fingerprint density at radius 2 is 1.77 bits per heavy atom. The number of anilines is 1. The number of halogens is 1. The Hall–Kier alpha value is -3.97. The third kappa shape index (κ3) is 2.75. The molecule has 2 heterocycles. The van der Waals surface area contributed by atoms with Gasteiger partial charge in [0, 0.05) is 10.6 Å². The molecule has 0 bridgehead atoms. The number of carbonyl (C=O) groups excluding carboxylic acids is 2. The number of carboxylic acid groups (broad SMARTS) is 1. The van der Waals surface area contributed by atoms with E-state index in [1.807, 2.05) is 0 Å². The number of amides is 2. The van der Waals surface area contributed by atoms with Crippen molar-refractivity contribution in [2.75, 3.05) is 4.90 Å². The Kier molecular flexibility index (Phi) is 3.94. The Labute approximate surface area is 174 Å². The van der Waals surface area contributed by atoms with Gasteiger partial charge >= 0.3 is 5.97 Å². The number of benzene rings is 3. The monoisotopic (exact) mass is 418 g/mol. The van der Waals surface area contributed by atoms with E-state index in [1.165, 1.54) is 18.2 Å². The minimum atomic E-state index is -1.17. The number of carboxylic acids is 1. The number of aromatic carboxylic acids is 1. The van der Waals surface area contributed by atoms with E-state index < -0.39 is 17.8 Å². The van der Waals surface area contributed by atoms with Crippen molar-refractivity contribution >= 4 is 46.2 Å². The zero-order valence-electron chi connectivity index (χ0n) is 15.1. The lowest BCUT2D eigenvalue weighted by Crippen LogP contribution is -2.29. The lowest BCUT2D eigenvalue weighted by atomic mass is 10.1. The number of aromatic nitrogens is 1. The Morgan fingerprint density at radius 1 is 0.967 bits per heavy atom. The quantitative estimate of drug-likeness (QED) is 0.486. The highest BCUT2D eigenvalue weighted by atomic mass is 35.5. The minimum absolute atomic E-state index is 0.0572. The first kappa shape index (κ1) is 18.1. The van der Waals surface area contributed by atoms with E-state index in [2.05, 4.69) is 4.98 Å². The topological polar surface area (TPSA) is 101 Å². The number of oxazole rings is 1. The van der Waals surface area contributed by atoms with Gasteiger partial charge in [0.1, 0.15) is 5.52 Å². The Balaban J connectivity index is 1.55. The van der Waals surface area contributed by atoms with Crippen molar-refractivity contribution in [2.24, 2.45) is 0 Å². The van der Waals surface area contributed by atoms with E-state index in [-0.39, 0.29) is 16.7 Å². The molecule has 0 unspecified atom stereocenters. The van der Waals surface area contributed by atoms with E-state index in [0.29, 0.717) is 33.3 Å². The van der Waals surface area contributed by atoms with Crippen LogP contribution in [0.3, 0.4) is 0 Å². The fourth-order valence-electron chi connectivity index (χ4n) is 3.41. The number of carbonyl (C=O) groups is 3. The molecule has 3 aromatic carbocycles. The predicted molar refractivity (Wildman–Crippen MR) is 109 cm³/mol. The summed E-state index contributed by atoms with van der Waals surface area (Å²) in [5.41, 5.74) is 2.20. The number of rotatable bonds is 3. The van der Waals surface area contributed by atoms with Crippen molar-refractivity contribution in [1.29, 1.82) is 0 Å². The molecule has 0 saturated carbocycles. The van der Waals surface area contributed by atoms with Crippen molar-refractivity contribution in [1.82, 2.24) is 4.98 Å². The first-order chi connectivity index (χ1) is 14.4. The molecule has 1 aliphatic heterocycles. The normalized spacial score (nSPS) is 13.2. The number of nitrogens with zero attached hydrogens (tertiary/aromatic N) is 2. The molecule has 30 heavy (non-hydrogen) atoms. The van der Waals surface area contributed by atoms with Gasteiger partial charge in [-0.05, 0) is 54.6 Å². The van der Waals surface area contributed by atoms with E-state index in [1.54, 1.807) is 42.5 Å². The lowest BCUT2D eigenvalue weighted by Gasteiger charge is -2.14. The van der Waals surface area contributed by atoms with Crippen LogP contribution >= 0.6 is 11.6 Å². The lowest BCUT2D eigenvalue weighted by molar-refractivity contribution is 0.0696. The molecule has 7 nitrogen and oxygen atoms in total. The molecule has 0 spiro atoms. The van der Waals surface area contributed by atoms with Crippen LogP contribution < -0.4 is 4.90 Å². The Bertz CT molecular complexity index is 1390. The standard InChI is InChI=1S/C22H11ClN2O5/c23-13-5-7-18-17(10-13)24-19(30-18)11-2-1-3-14(8-11)25-20(26)15-6-4-12(22(28)29)9-16(15)21(25)27/h1-10H,(H,28,29). The van der Waals surface area contributed by atoms with Crippen molar-refractivity contribution in [3.05, 3.63) is 82.4 Å². The first-order valence-electron chi connectivity index (χ1n) is 8.85. The van der Waals surface area contributed by atoms with Gasteiger partial charge in [0.15, 0.2) is 5.58 Å². The number of hydrogen-bond donors (Lipinski definition) is 1. The van der Waals surface area contributed by atoms with Crippen LogP contribution in [0, 0.1) is 0 Å². The van der Waals surface area contributed by atoms with Crippen molar-refractivity contribution in [3.63, 3.8) is 0 Å². The highest BCUT2D eigenvalue weighted by Crippen LogP contribution is 2.33. The highest BCUT2D eigenvalue weighted by Gasteiger charge is 2.37. The molecule has 0 aliphatic carbocycles. The second-order valence-corrected chi connectivity index (χ2v) is 7.13. The molecule has 0 fully saturated rings. The SMILES string of the molecule is O=C(O)c1ccc2c(c1)C(=O)N(c1cccc(-c3nc4cc(Cl)ccc4o3)c1)C2=O. The van der Waals surface area contributed by atoms with Gasteiger partial charge < -0.3 is 9.52 Å². The van der Waals surface area contributed by atoms with E-state index in [9.17, 15) is 14.4 Å². The largest absolute Gasteiger partial charge is 0.478 e. The van der Waals surface area contributed by atoms with Gasteiger partial charge in [-0.2, -0.15) is 0 Å². The summed E-state index contributed by atoms with van der Waals surface area (Å²) in [7, 11) is 0. The summed E-state index contributed by atoms with van der Waals surface area (Å²) < 4.78 is 5.76. The van der Waals surface area contributed by atoms with Gasteiger partial charge in [0.25, 0.3) is 11.8 Å². The van der Waals surface area contributed by atoms with E-state index >= 15 is 0 Å². The third-order valence-electron chi connectivity index (χ3n) is 4.83. The molecule has 1 N–H and O–H groups in total. The zero-order valence-corrected chi connectivity index (χ0v) is 15.9. The molecule has 1 aromatic heterocycles.